The van der Waals surface area contributed by atoms with Crippen molar-refractivity contribution < 1.29 is 14.5 Å². The monoisotopic (exact) mass is 425 g/mol. The number of para-hydroxylation sites is 3. The van der Waals surface area contributed by atoms with Crippen molar-refractivity contribution in [2.75, 3.05) is 49.5 Å². The maximum atomic E-state index is 12.4. The molecule has 3 rings (SSSR count). The van der Waals surface area contributed by atoms with E-state index in [4.69, 9.17) is 0 Å². The summed E-state index contributed by atoms with van der Waals surface area (Å²) in [5, 5.41) is 16.5. The molecule has 0 radical (unpaired) electrons. The molecule has 1 saturated heterocycles. The number of rotatable bonds is 9. The van der Waals surface area contributed by atoms with Crippen LogP contribution in [-0.2, 0) is 9.59 Å². The third kappa shape index (κ3) is 6.43. The number of hydrogen-bond donors (Lipinski definition) is 2. The van der Waals surface area contributed by atoms with Gasteiger partial charge in [0.1, 0.15) is 5.69 Å². The number of piperazine rings is 1. The van der Waals surface area contributed by atoms with Crippen LogP contribution in [0.5, 0.6) is 0 Å². The van der Waals surface area contributed by atoms with E-state index in [9.17, 15) is 19.7 Å². The van der Waals surface area contributed by atoms with Gasteiger partial charge in [-0.05, 0) is 24.6 Å². The van der Waals surface area contributed by atoms with Crippen LogP contribution in [0.3, 0.4) is 0 Å². The van der Waals surface area contributed by atoms with Crippen LogP contribution < -0.4 is 15.5 Å². The number of amides is 2. The SMILES string of the molecule is O=C(CNc1ccccc1[N+](=O)[O-])NCCCC(=O)N1CCN(c2ccccc2)CC1. The summed E-state index contributed by atoms with van der Waals surface area (Å²) in [4.78, 5) is 39.0. The number of hydrogen-bond acceptors (Lipinski definition) is 6. The summed E-state index contributed by atoms with van der Waals surface area (Å²) in [6, 6.07) is 16.3. The first-order valence-corrected chi connectivity index (χ1v) is 10.4. The molecule has 9 nitrogen and oxygen atoms in total. The molecule has 31 heavy (non-hydrogen) atoms. The molecule has 2 N–H and O–H groups in total. The lowest BCUT2D eigenvalue weighted by molar-refractivity contribution is -0.383. The van der Waals surface area contributed by atoms with Crippen LogP contribution >= 0.6 is 0 Å². The summed E-state index contributed by atoms with van der Waals surface area (Å²) >= 11 is 0. The summed E-state index contributed by atoms with van der Waals surface area (Å²) in [6.07, 6.45) is 0.929. The van der Waals surface area contributed by atoms with Crippen LogP contribution in [0.4, 0.5) is 17.1 Å². The highest BCUT2D eigenvalue weighted by atomic mass is 16.6. The molecule has 1 heterocycles. The zero-order chi connectivity index (χ0) is 22.1. The van der Waals surface area contributed by atoms with Crippen molar-refractivity contribution >= 4 is 28.9 Å². The minimum absolute atomic E-state index is 0.0692. The van der Waals surface area contributed by atoms with E-state index in [0.29, 0.717) is 38.2 Å². The number of nitrogens with zero attached hydrogens (tertiary/aromatic N) is 3. The molecular weight excluding hydrogens is 398 g/mol. The number of anilines is 2. The summed E-state index contributed by atoms with van der Waals surface area (Å²) < 4.78 is 0. The standard InChI is InChI=1S/C22H27N5O4/c28-21(17-24-19-9-4-5-10-20(19)27(30)31)23-12-6-11-22(29)26-15-13-25(14-16-26)18-7-2-1-3-8-18/h1-5,7-10,24H,6,11-17H2,(H,23,28). The highest BCUT2D eigenvalue weighted by Gasteiger charge is 2.20. The third-order valence-corrected chi connectivity index (χ3v) is 5.18. The van der Waals surface area contributed by atoms with Crippen LogP contribution in [0.25, 0.3) is 0 Å². The van der Waals surface area contributed by atoms with Gasteiger partial charge in [0.05, 0.1) is 11.5 Å². The van der Waals surface area contributed by atoms with Crippen molar-refractivity contribution in [2.24, 2.45) is 0 Å². The Bertz CT molecular complexity index is 898. The molecule has 2 aromatic rings. The van der Waals surface area contributed by atoms with Crippen molar-refractivity contribution in [3.8, 4) is 0 Å². The van der Waals surface area contributed by atoms with Crippen molar-refractivity contribution in [2.45, 2.75) is 12.8 Å². The first-order valence-electron chi connectivity index (χ1n) is 10.4. The molecule has 1 aliphatic heterocycles. The fourth-order valence-electron chi connectivity index (χ4n) is 3.50. The molecule has 0 atom stereocenters. The van der Waals surface area contributed by atoms with E-state index in [1.807, 2.05) is 23.1 Å². The molecule has 1 fully saturated rings. The second-order valence-electron chi connectivity index (χ2n) is 7.28. The van der Waals surface area contributed by atoms with Gasteiger partial charge >= 0.3 is 0 Å². The maximum Gasteiger partial charge on any atom is 0.292 e. The van der Waals surface area contributed by atoms with E-state index in [1.165, 1.54) is 11.8 Å². The second-order valence-corrected chi connectivity index (χ2v) is 7.28. The zero-order valence-electron chi connectivity index (χ0n) is 17.3. The average molecular weight is 425 g/mol. The van der Waals surface area contributed by atoms with Crippen LogP contribution in [0.2, 0.25) is 0 Å². The van der Waals surface area contributed by atoms with Gasteiger partial charge in [-0.2, -0.15) is 0 Å². The van der Waals surface area contributed by atoms with Crippen LogP contribution in [-0.4, -0.2) is 60.9 Å². The van der Waals surface area contributed by atoms with Gasteiger partial charge in [-0.15, -0.1) is 0 Å². The van der Waals surface area contributed by atoms with Crippen LogP contribution in [0.15, 0.2) is 54.6 Å². The predicted molar refractivity (Wildman–Crippen MR) is 119 cm³/mol. The van der Waals surface area contributed by atoms with Crippen molar-refractivity contribution in [1.29, 1.82) is 0 Å². The van der Waals surface area contributed by atoms with E-state index in [2.05, 4.69) is 27.7 Å². The molecule has 0 saturated carbocycles. The summed E-state index contributed by atoms with van der Waals surface area (Å²) in [6.45, 7) is 3.32. The lowest BCUT2D eigenvalue weighted by atomic mass is 10.2. The van der Waals surface area contributed by atoms with Crippen molar-refractivity contribution in [1.82, 2.24) is 10.2 Å². The second kappa shape index (κ2) is 11.0. The maximum absolute atomic E-state index is 12.4. The fourth-order valence-corrected chi connectivity index (χ4v) is 3.50. The molecule has 0 unspecified atom stereocenters. The van der Waals surface area contributed by atoms with Gasteiger partial charge in [-0.25, -0.2) is 0 Å². The molecular formula is C22H27N5O4. The van der Waals surface area contributed by atoms with E-state index in [-0.39, 0.29) is 24.0 Å². The summed E-state index contributed by atoms with van der Waals surface area (Å²) in [5.41, 5.74) is 1.40. The largest absolute Gasteiger partial charge is 0.371 e. The highest BCUT2D eigenvalue weighted by molar-refractivity contribution is 5.81. The Morgan fingerprint density at radius 2 is 1.65 bits per heavy atom. The number of carbonyl (C=O) groups excluding carboxylic acids is 2. The van der Waals surface area contributed by atoms with Gasteiger partial charge < -0.3 is 20.4 Å². The molecule has 2 aromatic carbocycles. The van der Waals surface area contributed by atoms with Gasteiger partial charge in [-0.3, -0.25) is 19.7 Å². The molecule has 1 aliphatic rings. The molecule has 0 aromatic heterocycles. The average Bonchev–Trinajstić information content (AvgIpc) is 2.81. The van der Waals surface area contributed by atoms with Gasteiger partial charge in [0, 0.05) is 50.9 Å². The number of nitrogens with one attached hydrogen (secondary N) is 2. The molecule has 0 aliphatic carbocycles. The van der Waals surface area contributed by atoms with Gasteiger partial charge in [0.2, 0.25) is 11.8 Å². The number of benzene rings is 2. The Morgan fingerprint density at radius 3 is 2.35 bits per heavy atom. The minimum Gasteiger partial charge on any atom is -0.371 e. The predicted octanol–water partition coefficient (Wildman–Crippen LogP) is 2.25. The third-order valence-electron chi connectivity index (χ3n) is 5.18. The van der Waals surface area contributed by atoms with Gasteiger partial charge in [-0.1, -0.05) is 30.3 Å². The van der Waals surface area contributed by atoms with Crippen LogP contribution in [0, 0.1) is 10.1 Å². The molecule has 0 spiro atoms. The lowest BCUT2D eigenvalue weighted by Gasteiger charge is -2.36. The topological polar surface area (TPSA) is 108 Å². The van der Waals surface area contributed by atoms with E-state index < -0.39 is 4.92 Å². The Kier molecular flexibility index (Phi) is 7.80. The van der Waals surface area contributed by atoms with Crippen molar-refractivity contribution in [3.63, 3.8) is 0 Å². The Morgan fingerprint density at radius 1 is 0.968 bits per heavy atom. The van der Waals surface area contributed by atoms with E-state index >= 15 is 0 Å². The van der Waals surface area contributed by atoms with Gasteiger partial charge in [0.15, 0.2) is 0 Å². The Hall–Kier alpha value is -3.62. The summed E-state index contributed by atoms with van der Waals surface area (Å²) in [7, 11) is 0. The molecule has 9 heteroatoms. The quantitative estimate of drug-likeness (QED) is 0.362. The Balaban J connectivity index is 1.31. The normalized spacial score (nSPS) is 13.5. The van der Waals surface area contributed by atoms with Crippen molar-refractivity contribution in [3.05, 3.63) is 64.7 Å². The molecule has 0 bridgehead atoms. The minimum atomic E-state index is -0.495. The van der Waals surface area contributed by atoms with E-state index in [1.54, 1.807) is 18.2 Å². The Labute approximate surface area is 181 Å². The number of nitro benzene ring substituents is 1. The van der Waals surface area contributed by atoms with E-state index in [0.717, 1.165) is 13.1 Å². The number of carbonyl (C=O) groups is 2. The first kappa shape index (κ1) is 22.1. The smallest absolute Gasteiger partial charge is 0.292 e. The molecule has 164 valence electrons. The zero-order valence-corrected chi connectivity index (χ0v) is 17.3. The fraction of sp³-hybridized carbons (Fsp3) is 0.364. The number of nitro groups is 1. The summed E-state index contributed by atoms with van der Waals surface area (Å²) in [5.74, 6) is -0.179. The lowest BCUT2D eigenvalue weighted by Crippen LogP contribution is -2.48. The first-order chi connectivity index (χ1) is 15.0. The van der Waals surface area contributed by atoms with Gasteiger partial charge in [0.25, 0.3) is 5.69 Å². The van der Waals surface area contributed by atoms with Crippen LogP contribution in [0.1, 0.15) is 12.8 Å². The molecule has 2 amide bonds. The highest BCUT2D eigenvalue weighted by Crippen LogP contribution is 2.22.